The molecule has 0 atom stereocenters. The zero-order valence-electron chi connectivity index (χ0n) is 15.1. The first-order chi connectivity index (χ1) is 13.4. The van der Waals surface area contributed by atoms with Crippen LogP contribution in [0.15, 0.2) is 69.2 Å². The maximum Gasteiger partial charge on any atom is 0.333 e. The number of rotatable bonds is 5. The third-order valence-electron chi connectivity index (χ3n) is 4.00. The van der Waals surface area contributed by atoms with E-state index in [-0.39, 0.29) is 11.6 Å². The number of hydrogen-bond acceptors (Lipinski definition) is 6. The van der Waals surface area contributed by atoms with E-state index >= 15 is 0 Å². The number of aromatic nitrogens is 2. The Hall–Kier alpha value is -4.01. The van der Waals surface area contributed by atoms with Crippen molar-refractivity contribution in [2.45, 2.75) is 0 Å². The molecule has 1 aromatic heterocycles. The van der Waals surface area contributed by atoms with Gasteiger partial charge >= 0.3 is 5.69 Å². The van der Waals surface area contributed by atoms with E-state index in [2.05, 4.69) is 4.99 Å². The molecular formula is C19H16N4O5. The lowest BCUT2D eigenvalue weighted by molar-refractivity contribution is -0.384. The molecule has 1 heterocycles. The minimum absolute atomic E-state index is 0.0383. The average Bonchev–Trinajstić information content (AvgIpc) is 2.70. The molecule has 0 saturated heterocycles. The normalized spacial score (nSPS) is 10.9. The molecule has 28 heavy (non-hydrogen) atoms. The van der Waals surface area contributed by atoms with Gasteiger partial charge in [-0.1, -0.05) is 24.3 Å². The van der Waals surface area contributed by atoms with Crippen LogP contribution in [0.1, 0.15) is 5.56 Å². The summed E-state index contributed by atoms with van der Waals surface area (Å²) in [5.74, 6) is 0.401. The van der Waals surface area contributed by atoms with Crippen LogP contribution in [0.2, 0.25) is 0 Å². The lowest BCUT2D eigenvalue weighted by atomic mass is 10.2. The van der Waals surface area contributed by atoms with Gasteiger partial charge in [0.1, 0.15) is 5.69 Å². The van der Waals surface area contributed by atoms with Gasteiger partial charge in [0.2, 0.25) is 5.88 Å². The van der Waals surface area contributed by atoms with E-state index in [9.17, 15) is 19.7 Å². The van der Waals surface area contributed by atoms with Crippen molar-refractivity contribution in [2.24, 2.45) is 19.1 Å². The Bertz CT molecular complexity index is 1190. The summed E-state index contributed by atoms with van der Waals surface area (Å²) in [6.07, 6.45) is 1.47. The molecule has 0 radical (unpaired) electrons. The molecule has 0 amide bonds. The lowest BCUT2D eigenvalue weighted by Crippen LogP contribution is -2.36. The molecule has 0 aliphatic carbocycles. The fraction of sp³-hybridized carbons (Fsp3) is 0.105. The number of non-ortho nitro benzene ring substituents is 1. The van der Waals surface area contributed by atoms with Crippen molar-refractivity contribution in [3.63, 3.8) is 0 Å². The van der Waals surface area contributed by atoms with Gasteiger partial charge in [0.25, 0.3) is 11.2 Å². The van der Waals surface area contributed by atoms with Crippen molar-refractivity contribution < 1.29 is 9.66 Å². The van der Waals surface area contributed by atoms with Crippen LogP contribution in [0.3, 0.4) is 0 Å². The highest BCUT2D eigenvalue weighted by atomic mass is 16.6. The summed E-state index contributed by atoms with van der Waals surface area (Å²) in [4.78, 5) is 38.6. The topological polar surface area (TPSA) is 109 Å². The van der Waals surface area contributed by atoms with Crippen LogP contribution in [0.4, 0.5) is 11.4 Å². The van der Waals surface area contributed by atoms with E-state index in [1.165, 1.54) is 43.1 Å². The fourth-order valence-electron chi connectivity index (χ4n) is 2.44. The highest BCUT2D eigenvalue weighted by molar-refractivity contribution is 5.83. The van der Waals surface area contributed by atoms with Crippen molar-refractivity contribution in [1.82, 2.24) is 9.13 Å². The molecule has 0 aliphatic heterocycles. The van der Waals surface area contributed by atoms with E-state index in [1.54, 1.807) is 36.4 Å². The zero-order valence-corrected chi connectivity index (χ0v) is 15.1. The molecule has 0 bridgehead atoms. The Morgan fingerprint density at radius 1 is 1.04 bits per heavy atom. The molecule has 0 saturated carbocycles. The van der Waals surface area contributed by atoms with E-state index < -0.39 is 16.2 Å². The number of ether oxygens (including phenoxy) is 1. The summed E-state index contributed by atoms with van der Waals surface area (Å²) in [6, 6.07) is 14.0. The second-order valence-corrected chi connectivity index (χ2v) is 5.90. The Kier molecular flexibility index (Phi) is 5.16. The summed E-state index contributed by atoms with van der Waals surface area (Å²) >= 11 is 0. The van der Waals surface area contributed by atoms with Crippen LogP contribution in [0.5, 0.6) is 11.6 Å². The third kappa shape index (κ3) is 3.88. The van der Waals surface area contributed by atoms with Crippen LogP contribution in [-0.2, 0) is 14.1 Å². The van der Waals surface area contributed by atoms with Gasteiger partial charge in [0.15, 0.2) is 5.75 Å². The molecule has 3 rings (SSSR count). The summed E-state index contributed by atoms with van der Waals surface area (Å²) < 4.78 is 7.92. The van der Waals surface area contributed by atoms with Gasteiger partial charge in [-0.3, -0.25) is 29.0 Å². The van der Waals surface area contributed by atoms with Gasteiger partial charge in [-0.2, -0.15) is 0 Å². The predicted octanol–water partition coefficient (Wildman–Crippen LogP) is 2.54. The number of nitro benzene ring substituents is 1. The second-order valence-electron chi connectivity index (χ2n) is 5.90. The number of nitro groups is 1. The molecule has 9 heteroatoms. The van der Waals surface area contributed by atoms with Gasteiger partial charge in [-0.05, 0) is 17.7 Å². The highest BCUT2D eigenvalue weighted by Gasteiger charge is 2.10. The summed E-state index contributed by atoms with van der Waals surface area (Å²) in [7, 11) is 2.87. The SMILES string of the molecule is Cn1c(Oc2ccccc2N=Cc2cccc([N+](=O)[O-])c2)cc(=O)n(C)c1=O. The Morgan fingerprint density at radius 2 is 1.79 bits per heavy atom. The van der Waals surface area contributed by atoms with Gasteiger partial charge in [0.05, 0.1) is 11.0 Å². The third-order valence-corrected chi connectivity index (χ3v) is 4.00. The van der Waals surface area contributed by atoms with Gasteiger partial charge in [-0.15, -0.1) is 0 Å². The van der Waals surface area contributed by atoms with Crippen molar-refractivity contribution in [1.29, 1.82) is 0 Å². The molecule has 0 unspecified atom stereocenters. The van der Waals surface area contributed by atoms with Crippen LogP contribution < -0.4 is 16.0 Å². The summed E-state index contributed by atoms with van der Waals surface area (Å²) in [5, 5.41) is 10.9. The number of nitrogens with zero attached hydrogens (tertiary/aromatic N) is 4. The minimum atomic E-state index is -0.514. The highest BCUT2D eigenvalue weighted by Crippen LogP contribution is 2.30. The molecule has 0 aliphatic rings. The number of aliphatic imine (C=N–C) groups is 1. The molecule has 3 aromatic rings. The Labute approximate surface area is 158 Å². The van der Waals surface area contributed by atoms with Crippen LogP contribution >= 0.6 is 0 Å². The molecule has 0 fully saturated rings. The van der Waals surface area contributed by atoms with E-state index in [1.807, 2.05) is 0 Å². The molecule has 142 valence electrons. The van der Waals surface area contributed by atoms with Crippen molar-refractivity contribution in [3.05, 3.63) is 91.1 Å². The largest absolute Gasteiger partial charge is 0.438 e. The minimum Gasteiger partial charge on any atom is -0.438 e. The molecule has 2 aromatic carbocycles. The first-order valence-corrected chi connectivity index (χ1v) is 8.19. The van der Waals surface area contributed by atoms with Gasteiger partial charge < -0.3 is 4.74 Å². The number of benzene rings is 2. The summed E-state index contributed by atoms with van der Waals surface area (Å²) in [5.41, 5.74) is -0.0634. The first-order valence-electron chi connectivity index (χ1n) is 8.19. The number of hydrogen-bond donors (Lipinski definition) is 0. The molecule has 0 spiro atoms. The Balaban J connectivity index is 1.95. The van der Waals surface area contributed by atoms with Crippen LogP contribution in [0.25, 0.3) is 0 Å². The Morgan fingerprint density at radius 3 is 2.54 bits per heavy atom. The number of para-hydroxylation sites is 2. The van der Waals surface area contributed by atoms with Crippen LogP contribution in [0, 0.1) is 10.1 Å². The molecular weight excluding hydrogens is 364 g/mol. The van der Waals surface area contributed by atoms with Gasteiger partial charge in [-0.25, -0.2) is 4.79 Å². The van der Waals surface area contributed by atoms with Crippen molar-refractivity contribution in [2.75, 3.05) is 0 Å². The lowest BCUT2D eigenvalue weighted by Gasteiger charge is -2.12. The fourth-order valence-corrected chi connectivity index (χ4v) is 2.44. The van der Waals surface area contributed by atoms with Crippen LogP contribution in [-0.4, -0.2) is 20.3 Å². The maximum absolute atomic E-state index is 12.0. The van der Waals surface area contributed by atoms with E-state index in [0.717, 1.165) is 4.57 Å². The van der Waals surface area contributed by atoms with Gasteiger partial charge in [0, 0.05) is 32.4 Å². The predicted molar refractivity (Wildman–Crippen MR) is 104 cm³/mol. The molecule has 9 nitrogen and oxygen atoms in total. The van der Waals surface area contributed by atoms with E-state index in [0.29, 0.717) is 17.0 Å². The van der Waals surface area contributed by atoms with E-state index in [4.69, 9.17) is 4.74 Å². The average molecular weight is 380 g/mol. The summed E-state index contributed by atoms with van der Waals surface area (Å²) in [6.45, 7) is 0. The maximum atomic E-state index is 12.0. The molecule has 0 N–H and O–H groups in total. The zero-order chi connectivity index (χ0) is 20.3. The smallest absolute Gasteiger partial charge is 0.333 e. The first kappa shape index (κ1) is 18.8. The standard InChI is InChI=1S/C19H16N4O5/c1-21-17(24)11-18(22(2)19(21)25)28-16-9-4-3-8-15(16)20-12-13-6-5-7-14(10-13)23(26)27/h3-12H,1-2H3. The van der Waals surface area contributed by atoms with Crippen molar-refractivity contribution >= 4 is 17.6 Å². The van der Waals surface area contributed by atoms with Crippen molar-refractivity contribution in [3.8, 4) is 11.6 Å². The monoisotopic (exact) mass is 380 g/mol. The quantitative estimate of drug-likeness (QED) is 0.384. The second kappa shape index (κ2) is 7.70.